The molecule has 0 bridgehead atoms. The predicted molar refractivity (Wildman–Crippen MR) is 190 cm³/mol. The highest BCUT2D eigenvalue weighted by Crippen LogP contribution is 2.41. The summed E-state index contributed by atoms with van der Waals surface area (Å²) in [5, 5.41) is 3.03. The van der Waals surface area contributed by atoms with Crippen LogP contribution in [-0.4, -0.2) is 53.6 Å². The number of piperidine rings is 2. The highest BCUT2D eigenvalue weighted by atomic mass is 32.2. The molecule has 1 amide bonds. The van der Waals surface area contributed by atoms with Crippen molar-refractivity contribution < 1.29 is 22.7 Å². The van der Waals surface area contributed by atoms with E-state index in [9.17, 15) is 18.0 Å². The second-order valence-corrected chi connectivity index (χ2v) is 14.7. The van der Waals surface area contributed by atoms with Gasteiger partial charge in [0, 0.05) is 48.9 Å². The van der Waals surface area contributed by atoms with Gasteiger partial charge in [0.1, 0.15) is 4.90 Å². The summed E-state index contributed by atoms with van der Waals surface area (Å²) in [6, 6.07) is 21.8. The molecule has 0 radical (unpaired) electrons. The van der Waals surface area contributed by atoms with Gasteiger partial charge in [-0.25, -0.2) is 13.2 Å². The van der Waals surface area contributed by atoms with E-state index in [-0.39, 0.29) is 16.5 Å². The van der Waals surface area contributed by atoms with Crippen LogP contribution in [0.1, 0.15) is 64.1 Å². The van der Waals surface area contributed by atoms with Gasteiger partial charge in [0.15, 0.2) is 0 Å². The topological polar surface area (TPSA) is 108 Å². The molecular weight excluding hydrogens is 633 g/mol. The molecule has 2 fully saturated rings. The number of methoxy groups -OCH3 is 1. The number of benzene rings is 3. The molecule has 0 saturated carbocycles. The molecule has 0 atom stereocenters. The highest BCUT2D eigenvalue weighted by Gasteiger charge is 2.30. The first-order valence-electron chi connectivity index (χ1n) is 16.1. The molecular formula is C36H40N4O5S2. The molecule has 0 unspecified atom stereocenters. The van der Waals surface area contributed by atoms with E-state index in [1.807, 2.05) is 42.5 Å². The fourth-order valence-corrected chi connectivity index (χ4v) is 9.36. The van der Waals surface area contributed by atoms with Crippen molar-refractivity contribution >= 4 is 56.0 Å². The minimum atomic E-state index is -4.15. The Hall–Kier alpha value is -4.35. The van der Waals surface area contributed by atoms with Crippen LogP contribution >= 0.6 is 11.3 Å². The first-order chi connectivity index (χ1) is 22.7. The Labute approximate surface area is 280 Å². The van der Waals surface area contributed by atoms with Crippen molar-refractivity contribution in [2.45, 2.75) is 50.3 Å². The molecule has 47 heavy (non-hydrogen) atoms. The van der Waals surface area contributed by atoms with Crippen LogP contribution in [0.4, 0.5) is 22.7 Å². The first-order valence-corrected chi connectivity index (χ1v) is 18.4. The molecule has 2 aliphatic heterocycles. The fraction of sp³-hybridized carbons (Fsp3) is 0.333. The number of amides is 1. The van der Waals surface area contributed by atoms with Crippen molar-refractivity contribution in [3.05, 3.63) is 88.8 Å². The van der Waals surface area contributed by atoms with Gasteiger partial charge in [0.25, 0.3) is 15.9 Å². The van der Waals surface area contributed by atoms with Crippen LogP contribution in [0.2, 0.25) is 0 Å². The summed E-state index contributed by atoms with van der Waals surface area (Å²) in [5.74, 6) is -0.876. The van der Waals surface area contributed by atoms with E-state index in [4.69, 9.17) is 4.74 Å². The standard InChI is InChI=1S/C36H40N4O5S2/c1-25-32(35(41)37-29-10-9-11-31(24-29)40-22-7-4-8-23-40)46-33(26-14-18-30(19-15-26)39-20-5-3-6-21-39)34(25)47(43,44)38-28-16-12-27(13-17-28)36(42)45-2/h9-19,24,38H,3-8,20-23H2,1-2H3,(H,37,41). The number of anilines is 4. The van der Waals surface area contributed by atoms with Crippen molar-refractivity contribution in [3.8, 4) is 10.4 Å². The summed E-state index contributed by atoms with van der Waals surface area (Å²) in [5.41, 5.74) is 4.49. The Bertz CT molecular complexity index is 1840. The van der Waals surface area contributed by atoms with Crippen molar-refractivity contribution in [2.24, 2.45) is 0 Å². The quantitative estimate of drug-likeness (QED) is 0.177. The summed E-state index contributed by atoms with van der Waals surface area (Å²) < 4.78 is 35.6. The monoisotopic (exact) mass is 672 g/mol. The summed E-state index contributed by atoms with van der Waals surface area (Å²) in [7, 11) is -2.86. The van der Waals surface area contributed by atoms with Gasteiger partial charge in [0.05, 0.1) is 22.4 Å². The smallest absolute Gasteiger partial charge is 0.337 e. The average molecular weight is 673 g/mol. The fourth-order valence-electron chi connectivity index (χ4n) is 6.32. The van der Waals surface area contributed by atoms with Crippen molar-refractivity contribution in [1.29, 1.82) is 0 Å². The lowest BCUT2D eigenvalue weighted by Gasteiger charge is -2.29. The van der Waals surface area contributed by atoms with Gasteiger partial charge in [-0.05, 0) is 111 Å². The van der Waals surface area contributed by atoms with E-state index in [1.54, 1.807) is 6.92 Å². The third kappa shape index (κ3) is 7.31. The largest absolute Gasteiger partial charge is 0.465 e. The van der Waals surface area contributed by atoms with Gasteiger partial charge in [-0.1, -0.05) is 18.2 Å². The maximum Gasteiger partial charge on any atom is 0.337 e. The lowest BCUT2D eigenvalue weighted by molar-refractivity contribution is 0.0600. The number of hydrogen-bond donors (Lipinski definition) is 2. The maximum atomic E-state index is 14.1. The SMILES string of the molecule is COC(=O)c1ccc(NS(=O)(=O)c2c(-c3ccc(N4CCCCC4)cc3)sc(C(=O)Nc3cccc(N4CCCCC4)c3)c2C)cc1. The molecule has 11 heteroatoms. The van der Waals surface area contributed by atoms with Gasteiger partial charge in [0.2, 0.25) is 0 Å². The average Bonchev–Trinajstić information content (AvgIpc) is 3.47. The summed E-state index contributed by atoms with van der Waals surface area (Å²) in [6.45, 7) is 5.65. The van der Waals surface area contributed by atoms with Crippen molar-refractivity contribution in [2.75, 3.05) is 53.1 Å². The number of nitrogens with one attached hydrogen (secondary N) is 2. The lowest BCUT2D eigenvalue weighted by atomic mass is 10.1. The molecule has 2 saturated heterocycles. The van der Waals surface area contributed by atoms with E-state index >= 15 is 0 Å². The van der Waals surface area contributed by atoms with E-state index in [1.165, 1.54) is 55.6 Å². The van der Waals surface area contributed by atoms with Crippen molar-refractivity contribution in [1.82, 2.24) is 0 Å². The van der Waals surface area contributed by atoms with Crippen LogP contribution in [-0.2, 0) is 14.8 Å². The normalized spacial score (nSPS) is 15.3. The Balaban J connectivity index is 1.33. The zero-order valence-corrected chi connectivity index (χ0v) is 28.4. The molecule has 3 aromatic carbocycles. The third-order valence-electron chi connectivity index (χ3n) is 8.80. The zero-order valence-electron chi connectivity index (χ0n) is 26.8. The van der Waals surface area contributed by atoms with Gasteiger partial charge >= 0.3 is 5.97 Å². The Morgan fingerprint density at radius 1 is 0.766 bits per heavy atom. The summed E-state index contributed by atoms with van der Waals surface area (Å²) in [4.78, 5) is 31.3. The first kappa shape index (κ1) is 32.6. The molecule has 9 nitrogen and oxygen atoms in total. The van der Waals surface area contributed by atoms with E-state index in [2.05, 4.69) is 25.9 Å². The van der Waals surface area contributed by atoms with E-state index in [0.29, 0.717) is 32.1 Å². The minimum Gasteiger partial charge on any atom is -0.465 e. The van der Waals surface area contributed by atoms with E-state index in [0.717, 1.165) is 63.2 Å². The predicted octanol–water partition coefficient (Wildman–Crippen LogP) is 7.54. The van der Waals surface area contributed by atoms with E-state index < -0.39 is 16.0 Å². The lowest BCUT2D eigenvalue weighted by Crippen LogP contribution is -2.29. The number of rotatable bonds is 9. The van der Waals surface area contributed by atoms with Gasteiger partial charge in [-0.15, -0.1) is 11.3 Å². The molecule has 6 rings (SSSR count). The maximum absolute atomic E-state index is 14.1. The molecule has 0 aliphatic carbocycles. The number of nitrogens with zero attached hydrogens (tertiary/aromatic N) is 2. The van der Waals surface area contributed by atoms with Crippen LogP contribution in [0, 0.1) is 6.92 Å². The van der Waals surface area contributed by atoms with Crippen LogP contribution in [0.15, 0.2) is 77.7 Å². The van der Waals surface area contributed by atoms with Crippen LogP contribution in [0.5, 0.6) is 0 Å². The van der Waals surface area contributed by atoms with Crippen LogP contribution in [0.3, 0.4) is 0 Å². The molecule has 3 heterocycles. The molecule has 1 aromatic heterocycles. The number of hydrogen-bond acceptors (Lipinski definition) is 8. The summed E-state index contributed by atoms with van der Waals surface area (Å²) >= 11 is 1.17. The molecule has 2 aliphatic rings. The van der Waals surface area contributed by atoms with Gasteiger partial charge in [-0.3, -0.25) is 9.52 Å². The summed E-state index contributed by atoms with van der Waals surface area (Å²) in [6.07, 6.45) is 7.06. The Morgan fingerprint density at radius 2 is 1.38 bits per heavy atom. The number of carbonyl (C=O) groups excluding carboxylic acids is 2. The third-order valence-corrected chi connectivity index (χ3v) is 11.8. The number of thiophene rings is 1. The molecule has 2 N–H and O–H groups in total. The Morgan fingerprint density at radius 3 is 2.00 bits per heavy atom. The number of ether oxygens (including phenoxy) is 1. The number of carbonyl (C=O) groups is 2. The highest BCUT2D eigenvalue weighted by molar-refractivity contribution is 7.93. The van der Waals surface area contributed by atoms with Crippen LogP contribution in [0.25, 0.3) is 10.4 Å². The Kier molecular flexibility index (Phi) is 9.84. The number of esters is 1. The second kappa shape index (κ2) is 14.2. The molecule has 0 spiro atoms. The van der Waals surface area contributed by atoms with Crippen molar-refractivity contribution in [3.63, 3.8) is 0 Å². The second-order valence-electron chi connectivity index (χ2n) is 12.0. The van der Waals surface area contributed by atoms with Gasteiger partial charge in [-0.2, -0.15) is 0 Å². The van der Waals surface area contributed by atoms with Crippen LogP contribution < -0.4 is 19.8 Å². The molecule has 246 valence electrons. The minimum absolute atomic E-state index is 0.0532. The van der Waals surface area contributed by atoms with Gasteiger partial charge < -0.3 is 19.9 Å². The zero-order chi connectivity index (χ0) is 33.0. The number of sulfonamides is 1. The molecule has 4 aromatic rings.